The smallest absolute Gasteiger partial charge is 0.239 e. The number of carbonyl (C=O) groups is 1. The Morgan fingerprint density at radius 3 is 2.33 bits per heavy atom. The van der Waals surface area contributed by atoms with Crippen LogP contribution in [-0.2, 0) is 4.79 Å². The molecule has 0 saturated heterocycles. The van der Waals surface area contributed by atoms with Gasteiger partial charge in [0.2, 0.25) is 5.91 Å². The minimum absolute atomic E-state index is 0.0700. The number of carbonyl (C=O) groups excluding carboxylic acids is 1. The van der Waals surface area contributed by atoms with E-state index in [1.165, 1.54) is 32.1 Å². The Labute approximate surface area is 109 Å². The Bertz CT molecular complexity index is 306. The van der Waals surface area contributed by atoms with Crippen molar-refractivity contribution in [2.45, 2.75) is 57.0 Å². The van der Waals surface area contributed by atoms with Gasteiger partial charge in [0.25, 0.3) is 0 Å². The second-order valence-electron chi connectivity index (χ2n) is 5.25. The van der Waals surface area contributed by atoms with E-state index in [-0.39, 0.29) is 5.91 Å². The molecule has 2 fully saturated rings. The topological polar surface area (TPSA) is 65.5 Å². The number of amides is 1. The maximum absolute atomic E-state index is 11.8. The van der Waals surface area contributed by atoms with Crippen LogP contribution in [0, 0.1) is 0 Å². The maximum Gasteiger partial charge on any atom is 0.239 e. The molecule has 3 N–H and O–H groups in total. The van der Waals surface area contributed by atoms with E-state index in [1.54, 1.807) is 7.05 Å². The van der Waals surface area contributed by atoms with Crippen LogP contribution < -0.4 is 16.0 Å². The summed E-state index contributed by atoms with van der Waals surface area (Å²) in [4.78, 5) is 15.9. The molecule has 0 aromatic heterocycles. The Hall–Kier alpha value is -1.26. The Morgan fingerprint density at radius 1 is 1.06 bits per heavy atom. The molecule has 5 nitrogen and oxygen atoms in total. The molecule has 0 radical (unpaired) electrons. The first-order chi connectivity index (χ1) is 8.78. The summed E-state index contributed by atoms with van der Waals surface area (Å²) in [6, 6.07) is 0.934. The molecule has 0 bridgehead atoms. The van der Waals surface area contributed by atoms with Gasteiger partial charge in [-0.3, -0.25) is 9.79 Å². The molecule has 18 heavy (non-hydrogen) atoms. The molecule has 0 heterocycles. The van der Waals surface area contributed by atoms with Crippen molar-refractivity contribution in [1.82, 2.24) is 16.0 Å². The Kier molecular flexibility index (Phi) is 4.84. The third-order valence-electron chi connectivity index (χ3n) is 3.53. The molecule has 0 atom stereocenters. The number of nitrogens with one attached hydrogen (secondary N) is 3. The van der Waals surface area contributed by atoms with E-state index in [9.17, 15) is 4.79 Å². The standard InChI is InChI=1S/C13H24N4O/c1-14-13(17-11-7-8-11)15-9-12(18)16-10-5-3-2-4-6-10/h10-11H,2-9H2,1H3,(H,16,18)(H2,14,15,17). The third-order valence-corrected chi connectivity index (χ3v) is 3.53. The molecular weight excluding hydrogens is 228 g/mol. The number of nitrogens with zero attached hydrogens (tertiary/aromatic N) is 1. The highest BCUT2D eigenvalue weighted by Gasteiger charge is 2.22. The summed E-state index contributed by atoms with van der Waals surface area (Å²) in [7, 11) is 1.73. The zero-order valence-corrected chi connectivity index (χ0v) is 11.2. The normalized spacial score (nSPS) is 21.5. The van der Waals surface area contributed by atoms with Gasteiger partial charge in [-0.05, 0) is 25.7 Å². The predicted molar refractivity (Wildman–Crippen MR) is 72.5 cm³/mol. The Morgan fingerprint density at radius 2 is 1.72 bits per heavy atom. The highest BCUT2D eigenvalue weighted by molar-refractivity contribution is 5.86. The summed E-state index contributed by atoms with van der Waals surface area (Å²) in [5.41, 5.74) is 0. The average molecular weight is 252 g/mol. The van der Waals surface area contributed by atoms with Crippen LogP contribution in [0.1, 0.15) is 44.9 Å². The lowest BCUT2D eigenvalue weighted by Crippen LogP contribution is -2.46. The van der Waals surface area contributed by atoms with Gasteiger partial charge >= 0.3 is 0 Å². The first kappa shape index (κ1) is 13.2. The molecule has 0 aromatic rings. The van der Waals surface area contributed by atoms with E-state index in [2.05, 4.69) is 20.9 Å². The van der Waals surface area contributed by atoms with Crippen molar-refractivity contribution in [1.29, 1.82) is 0 Å². The van der Waals surface area contributed by atoms with Crippen molar-refractivity contribution in [3.8, 4) is 0 Å². The third kappa shape index (κ3) is 4.55. The summed E-state index contributed by atoms with van der Waals surface area (Å²) in [6.07, 6.45) is 8.45. The number of aliphatic imine (C=N–C) groups is 1. The van der Waals surface area contributed by atoms with Crippen molar-refractivity contribution in [3.63, 3.8) is 0 Å². The van der Waals surface area contributed by atoms with E-state index in [4.69, 9.17) is 0 Å². The summed E-state index contributed by atoms with van der Waals surface area (Å²) in [5.74, 6) is 0.803. The van der Waals surface area contributed by atoms with Crippen LogP contribution in [0.5, 0.6) is 0 Å². The lowest BCUT2D eigenvalue weighted by Gasteiger charge is -2.23. The predicted octanol–water partition coefficient (Wildman–Crippen LogP) is 0.763. The first-order valence-electron chi connectivity index (χ1n) is 7.04. The van der Waals surface area contributed by atoms with Crippen LogP contribution in [0.2, 0.25) is 0 Å². The second kappa shape index (κ2) is 6.61. The van der Waals surface area contributed by atoms with Crippen molar-refractivity contribution < 1.29 is 4.79 Å². The zero-order valence-electron chi connectivity index (χ0n) is 11.2. The van der Waals surface area contributed by atoms with Crippen LogP contribution in [0.15, 0.2) is 4.99 Å². The fourth-order valence-electron chi connectivity index (χ4n) is 2.31. The zero-order chi connectivity index (χ0) is 12.8. The summed E-state index contributed by atoms with van der Waals surface area (Å²) in [5, 5.41) is 9.40. The van der Waals surface area contributed by atoms with E-state index in [1.807, 2.05) is 0 Å². The highest BCUT2D eigenvalue weighted by atomic mass is 16.2. The molecule has 0 spiro atoms. The molecule has 0 unspecified atom stereocenters. The van der Waals surface area contributed by atoms with Crippen molar-refractivity contribution in [2.24, 2.45) is 4.99 Å². The molecule has 0 aromatic carbocycles. The van der Waals surface area contributed by atoms with E-state index in [0.717, 1.165) is 18.8 Å². The number of guanidine groups is 1. The van der Waals surface area contributed by atoms with Crippen LogP contribution in [0.4, 0.5) is 0 Å². The van der Waals surface area contributed by atoms with Gasteiger partial charge in [0.1, 0.15) is 0 Å². The highest BCUT2D eigenvalue weighted by Crippen LogP contribution is 2.18. The van der Waals surface area contributed by atoms with Gasteiger partial charge in [-0.2, -0.15) is 0 Å². The van der Waals surface area contributed by atoms with Gasteiger partial charge < -0.3 is 16.0 Å². The molecule has 2 rings (SSSR count). The molecule has 1 amide bonds. The summed E-state index contributed by atoms with van der Waals surface area (Å²) < 4.78 is 0. The monoisotopic (exact) mass is 252 g/mol. The number of rotatable bonds is 4. The van der Waals surface area contributed by atoms with Crippen molar-refractivity contribution >= 4 is 11.9 Å². The van der Waals surface area contributed by atoms with Crippen LogP contribution >= 0.6 is 0 Å². The van der Waals surface area contributed by atoms with E-state index in [0.29, 0.717) is 18.6 Å². The minimum Gasteiger partial charge on any atom is -0.354 e. The maximum atomic E-state index is 11.8. The fourth-order valence-corrected chi connectivity index (χ4v) is 2.31. The van der Waals surface area contributed by atoms with Crippen LogP contribution in [0.3, 0.4) is 0 Å². The van der Waals surface area contributed by atoms with E-state index >= 15 is 0 Å². The molecule has 2 aliphatic carbocycles. The van der Waals surface area contributed by atoms with Gasteiger partial charge in [0, 0.05) is 19.1 Å². The van der Waals surface area contributed by atoms with Gasteiger partial charge in [-0.1, -0.05) is 19.3 Å². The van der Waals surface area contributed by atoms with Crippen LogP contribution in [0.25, 0.3) is 0 Å². The SMILES string of the molecule is CN=C(NCC(=O)NC1CCCCC1)NC1CC1. The Balaban J connectivity index is 1.63. The van der Waals surface area contributed by atoms with Crippen molar-refractivity contribution in [3.05, 3.63) is 0 Å². The van der Waals surface area contributed by atoms with Crippen LogP contribution in [-0.4, -0.2) is 37.5 Å². The lowest BCUT2D eigenvalue weighted by molar-refractivity contribution is -0.120. The first-order valence-corrected chi connectivity index (χ1v) is 7.04. The number of hydrogen-bond donors (Lipinski definition) is 3. The van der Waals surface area contributed by atoms with Crippen molar-refractivity contribution in [2.75, 3.05) is 13.6 Å². The van der Waals surface area contributed by atoms with Gasteiger partial charge in [0.15, 0.2) is 5.96 Å². The van der Waals surface area contributed by atoms with E-state index < -0.39 is 0 Å². The largest absolute Gasteiger partial charge is 0.354 e. The second-order valence-corrected chi connectivity index (χ2v) is 5.25. The van der Waals surface area contributed by atoms with Gasteiger partial charge in [-0.15, -0.1) is 0 Å². The summed E-state index contributed by atoms with van der Waals surface area (Å²) >= 11 is 0. The average Bonchev–Trinajstić information content (AvgIpc) is 3.19. The van der Waals surface area contributed by atoms with Gasteiger partial charge in [0.05, 0.1) is 6.54 Å². The molecule has 0 aliphatic heterocycles. The van der Waals surface area contributed by atoms with Gasteiger partial charge in [-0.25, -0.2) is 0 Å². The fraction of sp³-hybridized carbons (Fsp3) is 0.846. The molecule has 5 heteroatoms. The molecule has 2 saturated carbocycles. The quantitative estimate of drug-likeness (QED) is 0.511. The lowest BCUT2D eigenvalue weighted by atomic mass is 9.95. The minimum atomic E-state index is 0.0700. The molecule has 2 aliphatic rings. The number of hydrogen-bond acceptors (Lipinski definition) is 2. The summed E-state index contributed by atoms with van der Waals surface area (Å²) in [6.45, 7) is 0.308. The molecular formula is C13H24N4O. The molecule has 102 valence electrons.